The van der Waals surface area contributed by atoms with Crippen LogP contribution in [0.2, 0.25) is 0 Å². The molecule has 1 amide bonds. The van der Waals surface area contributed by atoms with Gasteiger partial charge in [-0.2, -0.15) is 0 Å². The predicted octanol–water partition coefficient (Wildman–Crippen LogP) is 3.67. The monoisotopic (exact) mass is 421 g/mol. The number of pyridine rings is 1. The summed E-state index contributed by atoms with van der Waals surface area (Å²) in [5.41, 5.74) is 3.02. The van der Waals surface area contributed by atoms with Crippen molar-refractivity contribution in [3.63, 3.8) is 0 Å². The fraction of sp³-hybridized carbons (Fsp3) is 0.217. The van der Waals surface area contributed by atoms with Gasteiger partial charge >= 0.3 is 0 Å². The van der Waals surface area contributed by atoms with E-state index >= 15 is 0 Å². The SMILES string of the molecule is CC(c1ccncc1)N(C)C(=O)c1cccc(S(=O)(=O)N2CCc3ccccc32)c1. The van der Waals surface area contributed by atoms with Crippen LogP contribution >= 0.6 is 0 Å². The highest BCUT2D eigenvalue weighted by Gasteiger charge is 2.31. The highest BCUT2D eigenvalue weighted by molar-refractivity contribution is 7.92. The maximum atomic E-state index is 13.3. The van der Waals surface area contributed by atoms with Crippen LogP contribution in [-0.2, 0) is 16.4 Å². The van der Waals surface area contributed by atoms with Crippen molar-refractivity contribution < 1.29 is 13.2 Å². The van der Waals surface area contributed by atoms with Crippen molar-refractivity contribution in [1.29, 1.82) is 0 Å². The third-order valence-corrected chi connectivity index (χ3v) is 7.41. The number of benzene rings is 2. The van der Waals surface area contributed by atoms with Crippen LogP contribution in [0, 0.1) is 0 Å². The topological polar surface area (TPSA) is 70.6 Å². The number of fused-ring (bicyclic) bond motifs is 1. The van der Waals surface area contributed by atoms with Gasteiger partial charge in [-0.05, 0) is 60.9 Å². The number of nitrogens with zero attached hydrogens (tertiary/aromatic N) is 3. The average Bonchev–Trinajstić information content (AvgIpc) is 3.23. The summed E-state index contributed by atoms with van der Waals surface area (Å²) in [4.78, 5) is 18.8. The number of amides is 1. The number of hydrogen-bond donors (Lipinski definition) is 0. The van der Waals surface area contributed by atoms with Crippen molar-refractivity contribution in [2.45, 2.75) is 24.3 Å². The van der Waals surface area contributed by atoms with Crippen LogP contribution in [0.4, 0.5) is 5.69 Å². The van der Waals surface area contributed by atoms with Gasteiger partial charge in [0.2, 0.25) is 0 Å². The molecule has 0 bridgehead atoms. The highest BCUT2D eigenvalue weighted by Crippen LogP contribution is 2.33. The van der Waals surface area contributed by atoms with Crippen LogP contribution < -0.4 is 4.31 Å². The minimum absolute atomic E-state index is 0.120. The van der Waals surface area contributed by atoms with Gasteiger partial charge in [-0.25, -0.2) is 8.42 Å². The minimum Gasteiger partial charge on any atom is -0.335 e. The molecule has 0 saturated carbocycles. The summed E-state index contributed by atoms with van der Waals surface area (Å²) in [6.45, 7) is 2.33. The zero-order valence-electron chi connectivity index (χ0n) is 16.9. The van der Waals surface area contributed by atoms with E-state index in [2.05, 4.69) is 4.98 Å². The van der Waals surface area contributed by atoms with Crippen molar-refractivity contribution >= 4 is 21.6 Å². The van der Waals surface area contributed by atoms with E-state index in [1.165, 1.54) is 10.4 Å². The van der Waals surface area contributed by atoms with Crippen LogP contribution in [0.5, 0.6) is 0 Å². The normalized spacial score (nSPS) is 14.3. The third-order valence-electron chi connectivity index (χ3n) is 5.60. The molecule has 6 nitrogen and oxygen atoms in total. The lowest BCUT2D eigenvalue weighted by Gasteiger charge is -2.26. The molecule has 1 unspecified atom stereocenters. The molecule has 1 atom stereocenters. The highest BCUT2D eigenvalue weighted by atomic mass is 32.2. The van der Waals surface area contributed by atoms with Crippen molar-refractivity contribution in [2.75, 3.05) is 17.9 Å². The molecule has 0 radical (unpaired) electrons. The van der Waals surface area contributed by atoms with Gasteiger partial charge in [-0.15, -0.1) is 0 Å². The molecule has 0 saturated heterocycles. The Morgan fingerprint density at radius 1 is 1.07 bits per heavy atom. The Kier molecular flexibility index (Phi) is 5.30. The lowest BCUT2D eigenvalue weighted by molar-refractivity contribution is 0.0742. The molecule has 7 heteroatoms. The minimum atomic E-state index is -3.75. The maximum absolute atomic E-state index is 13.3. The average molecular weight is 422 g/mol. The van der Waals surface area contributed by atoms with Crippen LogP contribution in [0.1, 0.15) is 34.5 Å². The summed E-state index contributed by atoms with van der Waals surface area (Å²) >= 11 is 0. The fourth-order valence-electron chi connectivity index (χ4n) is 3.72. The lowest BCUT2D eigenvalue weighted by Crippen LogP contribution is -2.31. The molecule has 3 aromatic rings. The Morgan fingerprint density at radius 3 is 2.57 bits per heavy atom. The fourth-order valence-corrected chi connectivity index (χ4v) is 5.27. The molecule has 2 aromatic carbocycles. The van der Waals surface area contributed by atoms with Crippen LogP contribution in [0.25, 0.3) is 0 Å². The van der Waals surface area contributed by atoms with Crippen LogP contribution in [-0.4, -0.2) is 37.8 Å². The first-order valence-electron chi connectivity index (χ1n) is 9.77. The van der Waals surface area contributed by atoms with E-state index in [1.807, 2.05) is 43.3 Å². The van der Waals surface area contributed by atoms with Crippen molar-refractivity contribution in [3.8, 4) is 0 Å². The molecule has 154 valence electrons. The Morgan fingerprint density at radius 2 is 1.80 bits per heavy atom. The number of para-hydroxylation sites is 1. The van der Waals surface area contributed by atoms with Gasteiger partial charge < -0.3 is 4.90 Å². The second-order valence-electron chi connectivity index (χ2n) is 7.36. The number of hydrogen-bond acceptors (Lipinski definition) is 4. The quantitative estimate of drug-likeness (QED) is 0.630. The van der Waals surface area contributed by atoms with Crippen molar-refractivity contribution in [2.24, 2.45) is 0 Å². The largest absolute Gasteiger partial charge is 0.335 e. The van der Waals surface area contributed by atoms with E-state index in [1.54, 1.807) is 42.5 Å². The molecule has 0 N–H and O–H groups in total. The number of carbonyl (C=O) groups excluding carboxylic acids is 1. The molecule has 30 heavy (non-hydrogen) atoms. The Labute approximate surface area is 176 Å². The van der Waals surface area contributed by atoms with E-state index in [0.29, 0.717) is 24.2 Å². The Bertz CT molecular complexity index is 1180. The number of aromatic nitrogens is 1. The molecule has 1 aliphatic rings. The molecular weight excluding hydrogens is 398 g/mol. The number of rotatable bonds is 5. The van der Waals surface area contributed by atoms with E-state index < -0.39 is 10.0 Å². The number of sulfonamides is 1. The number of anilines is 1. The smallest absolute Gasteiger partial charge is 0.264 e. The first-order chi connectivity index (χ1) is 14.4. The van der Waals surface area contributed by atoms with Gasteiger partial charge in [0.15, 0.2) is 0 Å². The van der Waals surface area contributed by atoms with E-state index in [-0.39, 0.29) is 16.8 Å². The first-order valence-corrected chi connectivity index (χ1v) is 11.2. The van der Waals surface area contributed by atoms with Gasteiger partial charge in [0.1, 0.15) is 0 Å². The second kappa shape index (κ2) is 7.91. The van der Waals surface area contributed by atoms with Crippen LogP contribution in [0.3, 0.4) is 0 Å². The van der Waals surface area contributed by atoms with Gasteiger partial charge in [0.25, 0.3) is 15.9 Å². The second-order valence-corrected chi connectivity index (χ2v) is 9.22. The zero-order chi connectivity index (χ0) is 21.3. The molecule has 0 aliphatic carbocycles. The molecule has 1 aliphatic heterocycles. The Hall–Kier alpha value is -3.19. The van der Waals surface area contributed by atoms with Crippen LogP contribution in [0.15, 0.2) is 78.0 Å². The standard InChI is InChI=1S/C23H23N3O3S/c1-17(18-10-13-24-14-11-18)25(2)23(27)20-7-5-8-21(16-20)30(28,29)26-15-12-19-6-3-4-9-22(19)26/h3-11,13-14,16-17H,12,15H2,1-2H3. The third kappa shape index (κ3) is 3.57. The lowest BCUT2D eigenvalue weighted by atomic mass is 10.1. The molecule has 1 aromatic heterocycles. The Balaban J connectivity index is 1.62. The van der Waals surface area contributed by atoms with Crippen molar-refractivity contribution in [1.82, 2.24) is 9.88 Å². The maximum Gasteiger partial charge on any atom is 0.264 e. The molecular formula is C23H23N3O3S. The molecule has 2 heterocycles. The van der Waals surface area contributed by atoms with Gasteiger partial charge in [0.05, 0.1) is 16.6 Å². The zero-order valence-corrected chi connectivity index (χ0v) is 17.7. The summed E-state index contributed by atoms with van der Waals surface area (Å²) in [7, 11) is -2.04. The summed E-state index contributed by atoms with van der Waals surface area (Å²) in [5, 5.41) is 0. The first kappa shape index (κ1) is 20.1. The number of carbonyl (C=O) groups is 1. The van der Waals surface area contributed by atoms with E-state index in [0.717, 1.165) is 11.1 Å². The predicted molar refractivity (Wildman–Crippen MR) is 116 cm³/mol. The van der Waals surface area contributed by atoms with E-state index in [9.17, 15) is 13.2 Å². The molecule has 0 fully saturated rings. The summed E-state index contributed by atoms with van der Waals surface area (Å²) in [6, 6.07) is 17.3. The molecule has 0 spiro atoms. The molecule has 4 rings (SSSR count). The van der Waals surface area contributed by atoms with Gasteiger partial charge in [0, 0.05) is 31.5 Å². The van der Waals surface area contributed by atoms with E-state index in [4.69, 9.17) is 0 Å². The van der Waals surface area contributed by atoms with Gasteiger partial charge in [-0.1, -0.05) is 24.3 Å². The summed E-state index contributed by atoms with van der Waals surface area (Å²) in [6.07, 6.45) is 4.05. The van der Waals surface area contributed by atoms with Crippen molar-refractivity contribution in [3.05, 3.63) is 89.7 Å². The summed E-state index contributed by atoms with van der Waals surface area (Å²) in [5.74, 6) is -0.238. The van der Waals surface area contributed by atoms with Gasteiger partial charge in [-0.3, -0.25) is 14.1 Å². The summed E-state index contributed by atoms with van der Waals surface area (Å²) < 4.78 is 28.0.